The summed E-state index contributed by atoms with van der Waals surface area (Å²) in [6, 6.07) is -0.688. The molecule has 0 aromatic rings. The molecule has 1 fully saturated rings. The van der Waals surface area contributed by atoms with Gasteiger partial charge in [-0.05, 0) is 19.3 Å². The summed E-state index contributed by atoms with van der Waals surface area (Å²) in [7, 11) is 0. The number of ether oxygens (including phenoxy) is 1. The highest BCUT2D eigenvalue weighted by Gasteiger charge is 2.46. The molecular weight excluding hydrogens is 281 g/mol. The fraction of sp³-hybridized carbons (Fsp3) is 0.692. The van der Waals surface area contributed by atoms with E-state index >= 15 is 0 Å². The number of amides is 2. The van der Waals surface area contributed by atoms with E-state index in [2.05, 4.69) is 5.32 Å². The van der Waals surface area contributed by atoms with E-state index in [1.807, 2.05) is 0 Å². The van der Waals surface area contributed by atoms with Crippen LogP contribution in [-0.4, -0.2) is 46.4 Å². The van der Waals surface area contributed by atoms with Crippen molar-refractivity contribution < 1.29 is 23.8 Å². The smallest absolute Gasteiger partial charge is 0.325 e. The highest BCUT2D eigenvalue weighted by atomic mass is 19.1. The molecule has 0 radical (unpaired) electrons. The molecule has 0 bridgehead atoms. The molecule has 8 heteroatoms. The zero-order chi connectivity index (χ0) is 15.6. The van der Waals surface area contributed by atoms with Crippen molar-refractivity contribution in [2.24, 2.45) is 5.73 Å². The van der Waals surface area contributed by atoms with Gasteiger partial charge in [-0.2, -0.15) is 0 Å². The van der Waals surface area contributed by atoms with Crippen molar-refractivity contribution in [2.45, 2.75) is 50.6 Å². The molecule has 7 nitrogen and oxygen atoms in total. The quantitative estimate of drug-likeness (QED) is 0.679. The molecule has 3 atom stereocenters. The largest absolute Gasteiger partial charge is 0.394 e. The Bertz CT molecular complexity index is 470. The molecule has 2 amide bonds. The number of ketones is 1. The third kappa shape index (κ3) is 2.92. The summed E-state index contributed by atoms with van der Waals surface area (Å²) in [5.41, 5.74) is 3.61. The van der Waals surface area contributed by atoms with Gasteiger partial charge < -0.3 is 15.2 Å². The predicted octanol–water partition coefficient (Wildman–Crippen LogP) is 0.344. The number of hydrogen-bond acceptors (Lipinski definition) is 5. The Balaban J connectivity index is 2.17. The number of Topliss-reactive ketones (excluding diaryl/α,β-unsaturated/α-hetero) is 1. The van der Waals surface area contributed by atoms with E-state index in [0.29, 0.717) is 19.3 Å². The normalized spacial score (nSPS) is 32.9. The molecule has 0 aromatic heterocycles. The van der Waals surface area contributed by atoms with Gasteiger partial charge in [0.15, 0.2) is 11.6 Å². The van der Waals surface area contributed by atoms with Crippen LogP contribution in [0.1, 0.15) is 32.6 Å². The molecule has 2 heterocycles. The maximum absolute atomic E-state index is 14.2. The van der Waals surface area contributed by atoms with Gasteiger partial charge in [0.25, 0.3) is 0 Å². The Morgan fingerprint density at radius 1 is 1.67 bits per heavy atom. The minimum atomic E-state index is -2.10. The van der Waals surface area contributed by atoms with Crippen LogP contribution >= 0.6 is 0 Å². The molecule has 0 spiro atoms. The van der Waals surface area contributed by atoms with Crippen LogP contribution in [0.5, 0.6) is 0 Å². The van der Waals surface area contributed by atoms with Gasteiger partial charge >= 0.3 is 6.03 Å². The molecule has 0 saturated carbocycles. The zero-order valence-electron chi connectivity index (χ0n) is 11.8. The van der Waals surface area contributed by atoms with Crippen LogP contribution in [-0.2, 0) is 9.53 Å². The zero-order valence-corrected chi connectivity index (χ0v) is 11.8. The number of urea groups is 1. The lowest BCUT2D eigenvalue weighted by Gasteiger charge is -2.37. The van der Waals surface area contributed by atoms with Crippen molar-refractivity contribution in [3.05, 3.63) is 12.0 Å². The van der Waals surface area contributed by atoms with Crippen LogP contribution in [0.3, 0.4) is 0 Å². The fourth-order valence-electron chi connectivity index (χ4n) is 2.44. The maximum Gasteiger partial charge on any atom is 0.325 e. The molecule has 2 aliphatic heterocycles. The first-order valence-corrected chi connectivity index (χ1v) is 6.99. The summed E-state index contributed by atoms with van der Waals surface area (Å²) < 4.78 is 19.6. The average molecular weight is 301 g/mol. The SMILES string of the molecule is CCCC(=O)C1(N)NC(=O)N([C@H]2CC[C@@H](CO)O2)C=C1F. The maximum atomic E-state index is 14.2. The molecule has 0 aromatic carbocycles. The predicted molar refractivity (Wildman–Crippen MR) is 71.4 cm³/mol. The number of rotatable bonds is 5. The van der Waals surface area contributed by atoms with Gasteiger partial charge in [-0.3, -0.25) is 15.4 Å². The number of nitrogens with two attached hydrogens (primary N) is 1. The van der Waals surface area contributed by atoms with Crippen molar-refractivity contribution in [3.63, 3.8) is 0 Å². The van der Waals surface area contributed by atoms with E-state index in [1.165, 1.54) is 0 Å². The minimum Gasteiger partial charge on any atom is -0.394 e. The van der Waals surface area contributed by atoms with E-state index in [1.54, 1.807) is 6.92 Å². The van der Waals surface area contributed by atoms with E-state index < -0.39 is 29.5 Å². The fourth-order valence-corrected chi connectivity index (χ4v) is 2.44. The van der Waals surface area contributed by atoms with Crippen LogP contribution in [0.4, 0.5) is 9.18 Å². The van der Waals surface area contributed by atoms with Gasteiger partial charge in [-0.15, -0.1) is 0 Å². The third-order valence-electron chi connectivity index (χ3n) is 3.68. The summed E-state index contributed by atoms with van der Waals surface area (Å²) in [4.78, 5) is 25.0. The van der Waals surface area contributed by atoms with Crippen LogP contribution in [0.15, 0.2) is 12.0 Å². The van der Waals surface area contributed by atoms with E-state index in [4.69, 9.17) is 15.6 Å². The molecule has 118 valence electrons. The number of carbonyl (C=O) groups is 2. The summed E-state index contributed by atoms with van der Waals surface area (Å²) in [6.07, 6.45) is 1.51. The Labute approximate surface area is 121 Å². The number of nitrogens with one attached hydrogen (secondary N) is 1. The highest BCUT2D eigenvalue weighted by molar-refractivity contribution is 5.96. The number of aliphatic hydroxyl groups excluding tert-OH is 1. The second-order valence-electron chi connectivity index (χ2n) is 5.27. The number of halogens is 1. The number of nitrogens with zero attached hydrogens (tertiary/aromatic N) is 1. The van der Waals surface area contributed by atoms with Crippen molar-refractivity contribution in [1.29, 1.82) is 0 Å². The monoisotopic (exact) mass is 301 g/mol. The molecule has 0 aliphatic carbocycles. The lowest BCUT2D eigenvalue weighted by molar-refractivity contribution is -0.124. The summed E-state index contributed by atoms with van der Waals surface area (Å²) in [5, 5.41) is 11.2. The molecule has 2 rings (SSSR count). The second kappa shape index (κ2) is 6.08. The lowest BCUT2D eigenvalue weighted by atomic mass is 9.99. The number of aliphatic hydroxyl groups is 1. The first-order valence-electron chi connectivity index (χ1n) is 6.99. The number of carbonyl (C=O) groups excluding carboxylic acids is 2. The topological polar surface area (TPSA) is 105 Å². The molecule has 2 aliphatic rings. The summed E-state index contributed by atoms with van der Waals surface area (Å²) >= 11 is 0. The van der Waals surface area contributed by atoms with Crippen LogP contribution in [0.2, 0.25) is 0 Å². The first kappa shape index (κ1) is 15.9. The van der Waals surface area contributed by atoms with Gasteiger partial charge in [0, 0.05) is 12.6 Å². The Morgan fingerprint density at radius 2 is 2.38 bits per heavy atom. The molecule has 1 unspecified atom stereocenters. The molecular formula is C13H20FN3O4. The van der Waals surface area contributed by atoms with Crippen LogP contribution in [0, 0.1) is 0 Å². The molecule has 4 N–H and O–H groups in total. The van der Waals surface area contributed by atoms with Crippen LogP contribution in [0.25, 0.3) is 0 Å². The van der Waals surface area contributed by atoms with E-state index in [0.717, 1.165) is 11.1 Å². The number of hydrogen-bond donors (Lipinski definition) is 3. The van der Waals surface area contributed by atoms with E-state index in [-0.39, 0.29) is 19.1 Å². The average Bonchev–Trinajstić information content (AvgIpc) is 2.91. The van der Waals surface area contributed by atoms with Crippen molar-refractivity contribution in [1.82, 2.24) is 10.2 Å². The Morgan fingerprint density at radius 3 is 2.95 bits per heavy atom. The van der Waals surface area contributed by atoms with Gasteiger partial charge in [-0.1, -0.05) is 6.92 Å². The highest BCUT2D eigenvalue weighted by Crippen LogP contribution is 2.28. The van der Waals surface area contributed by atoms with Crippen molar-refractivity contribution >= 4 is 11.8 Å². The molecule has 21 heavy (non-hydrogen) atoms. The van der Waals surface area contributed by atoms with Crippen LogP contribution < -0.4 is 11.1 Å². The first-order chi connectivity index (χ1) is 9.92. The standard InChI is InChI=1S/C13H20FN3O4/c1-2-3-10(19)13(15)9(14)6-17(12(20)16-13)11-5-4-8(7-18)21-11/h6,8,11,18H,2-5,7,15H2,1H3,(H,16,20)/t8-,11+,13?/m0/s1. The summed E-state index contributed by atoms with van der Waals surface area (Å²) in [5.74, 6) is -1.50. The summed E-state index contributed by atoms with van der Waals surface area (Å²) in [6.45, 7) is 1.61. The Kier molecular flexibility index (Phi) is 4.60. The lowest BCUT2D eigenvalue weighted by Crippen LogP contribution is -2.67. The van der Waals surface area contributed by atoms with Gasteiger partial charge in [0.2, 0.25) is 5.66 Å². The van der Waals surface area contributed by atoms with Crippen molar-refractivity contribution in [2.75, 3.05) is 6.61 Å². The Hall–Kier alpha value is -1.51. The minimum absolute atomic E-state index is 0.0740. The van der Waals surface area contributed by atoms with Crippen molar-refractivity contribution in [3.8, 4) is 0 Å². The van der Waals surface area contributed by atoms with E-state index in [9.17, 15) is 14.0 Å². The second-order valence-corrected chi connectivity index (χ2v) is 5.27. The third-order valence-corrected chi connectivity index (χ3v) is 3.68. The van der Waals surface area contributed by atoms with Gasteiger partial charge in [0.1, 0.15) is 6.23 Å². The molecule has 1 saturated heterocycles. The van der Waals surface area contributed by atoms with Gasteiger partial charge in [-0.25, -0.2) is 9.18 Å². The van der Waals surface area contributed by atoms with Gasteiger partial charge in [0.05, 0.1) is 12.7 Å².